The number of methoxy groups -OCH3 is 2. The van der Waals surface area contributed by atoms with Gasteiger partial charge >= 0.3 is 0 Å². The van der Waals surface area contributed by atoms with Crippen LogP contribution in [-0.4, -0.2) is 39.0 Å². The first-order valence-corrected chi connectivity index (χ1v) is 24.1. The summed E-state index contributed by atoms with van der Waals surface area (Å²) in [6.45, 7) is 26.1. The van der Waals surface area contributed by atoms with Crippen molar-refractivity contribution in [1.82, 2.24) is 0 Å². The lowest BCUT2D eigenvalue weighted by Crippen LogP contribution is -2.37. The van der Waals surface area contributed by atoms with E-state index in [4.69, 9.17) is 18.9 Å². The number of carbonyl (C=O) groups excluding carboxylic acids is 2. The van der Waals surface area contributed by atoms with Gasteiger partial charge in [0.15, 0.2) is 34.6 Å². The molecular formula is C61H84O6. The van der Waals surface area contributed by atoms with Crippen LogP contribution in [0.2, 0.25) is 0 Å². The fourth-order valence-corrected chi connectivity index (χ4v) is 7.09. The number of ether oxygens (including phenoxy) is 4. The van der Waals surface area contributed by atoms with Crippen molar-refractivity contribution in [2.45, 2.75) is 147 Å². The molecule has 0 unspecified atom stereocenters. The number of benzene rings is 2. The molecule has 2 rings (SSSR count). The Labute approximate surface area is 406 Å². The first kappa shape index (κ1) is 57.5. The topological polar surface area (TPSA) is 71.1 Å². The zero-order chi connectivity index (χ0) is 49.8. The summed E-state index contributed by atoms with van der Waals surface area (Å²) < 4.78 is 23.7. The van der Waals surface area contributed by atoms with Gasteiger partial charge in [0.2, 0.25) is 0 Å². The highest BCUT2D eigenvalue weighted by molar-refractivity contribution is 6.17. The molecule has 0 saturated carbocycles. The van der Waals surface area contributed by atoms with Gasteiger partial charge in [0.25, 0.3) is 0 Å². The SMILES string of the molecule is COc1cc(C=CC(=O)C(CC=C(C)CCC=C(C)C)(CC=C(C)CCC=C(C)C)C(=O)C=Cc2ccc(OCC=C(C)CCC=C(C)C)c(OC)c2)ccc1OCC=C(C)CCC=C(C)C. The molecule has 6 nitrogen and oxygen atoms in total. The molecular weight excluding hydrogens is 829 g/mol. The Morgan fingerprint density at radius 3 is 1.04 bits per heavy atom. The number of hydrogen-bond acceptors (Lipinski definition) is 6. The Kier molecular flexibility index (Phi) is 26.9. The number of carbonyl (C=O) groups is 2. The smallest absolute Gasteiger partial charge is 0.170 e. The third-order valence-electron chi connectivity index (χ3n) is 11.5. The van der Waals surface area contributed by atoms with Crippen LogP contribution >= 0.6 is 0 Å². The number of allylic oxidation sites excluding steroid dienone is 16. The normalized spacial score (nSPS) is 13.2. The van der Waals surface area contributed by atoms with Crippen LogP contribution in [0, 0.1) is 5.41 Å². The van der Waals surface area contributed by atoms with Crippen LogP contribution in [0.1, 0.15) is 158 Å². The van der Waals surface area contributed by atoms with Crippen molar-refractivity contribution in [1.29, 1.82) is 0 Å². The molecule has 0 aliphatic rings. The Balaban J connectivity index is 2.59. The van der Waals surface area contributed by atoms with E-state index in [9.17, 15) is 9.59 Å². The molecule has 6 heteroatoms. The lowest BCUT2D eigenvalue weighted by molar-refractivity contribution is -0.134. The van der Waals surface area contributed by atoms with E-state index in [-0.39, 0.29) is 24.4 Å². The van der Waals surface area contributed by atoms with Crippen LogP contribution < -0.4 is 18.9 Å². The van der Waals surface area contributed by atoms with Crippen molar-refractivity contribution in [3.63, 3.8) is 0 Å². The van der Waals surface area contributed by atoms with Gasteiger partial charge in [-0.2, -0.15) is 0 Å². The second kappa shape index (κ2) is 31.4. The molecule has 0 aliphatic carbocycles. The van der Waals surface area contributed by atoms with E-state index < -0.39 is 5.41 Å². The van der Waals surface area contributed by atoms with E-state index in [0.29, 0.717) is 36.2 Å². The van der Waals surface area contributed by atoms with Gasteiger partial charge in [-0.15, -0.1) is 0 Å². The lowest BCUT2D eigenvalue weighted by atomic mass is 9.72. The molecule has 0 spiro atoms. The van der Waals surface area contributed by atoms with Gasteiger partial charge < -0.3 is 18.9 Å². The molecule has 0 heterocycles. The first-order chi connectivity index (χ1) is 31.9. The van der Waals surface area contributed by atoms with Gasteiger partial charge in [-0.05, 0) is 207 Å². The predicted octanol–water partition coefficient (Wildman–Crippen LogP) is 16.9. The fraction of sp³-hybridized carbons (Fsp3) is 0.443. The molecule has 2 aromatic rings. The first-order valence-electron chi connectivity index (χ1n) is 24.1. The maximum atomic E-state index is 14.9. The molecule has 2 aromatic carbocycles. The van der Waals surface area contributed by atoms with Crippen molar-refractivity contribution in [3.8, 4) is 23.0 Å². The highest BCUT2D eigenvalue weighted by atomic mass is 16.5. The van der Waals surface area contributed by atoms with E-state index in [1.807, 2.05) is 36.4 Å². The summed E-state index contributed by atoms with van der Waals surface area (Å²) in [5.41, 5.74) is 10.1. The monoisotopic (exact) mass is 913 g/mol. The van der Waals surface area contributed by atoms with E-state index in [1.54, 1.807) is 38.5 Å². The fourth-order valence-electron chi connectivity index (χ4n) is 7.09. The molecule has 0 radical (unpaired) electrons. The lowest BCUT2D eigenvalue weighted by Gasteiger charge is -2.27. The molecule has 67 heavy (non-hydrogen) atoms. The molecule has 0 fully saturated rings. The molecule has 0 aliphatic heterocycles. The minimum absolute atomic E-state index is 0.256. The van der Waals surface area contributed by atoms with Crippen LogP contribution in [0.4, 0.5) is 0 Å². The summed E-state index contributed by atoms with van der Waals surface area (Å²) in [7, 11) is 3.22. The second-order valence-electron chi connectivity index (χ2n) is 18.8. The van der Waals surface area contributed by atoms with Crippen molar-refractivity contribution in [2.75, 3.05) is 27.4 Å². The molecule has 364 valence electrons. The number of hydrogen-bond donors (Lipinski definition) is 0. The van der Waals surface area contributed by atoms with E-state index in [1.165, 1.54) is 33.4 Å². The highest BCUT2D eigenvalue weighted by Crippen LogP contribution is 2.36. The summed E-state index contributed by atoms with van der Waals surface area (Å²) in [5, 5.41) is 0. The second-order valence-corrected chi connectivity index (χ2v) is 18.8. The average Bonchev–Trinajstić information content (AvgIpc) is 3.27. The summed E-state index contributed by atoms with van der Waals surface area (Å²) in [5.74, 6) is 1.84. The average molecular weight is 913 g/mol. The third kappa shape index (κ3) is 23.1. The third-order valence-corrected chi connectivity index (χ3v) is 11.5. The van der Waals surface area contributed by atoms with Gasteiger partial charge in [0, 0.05) is 0 Å². The summed E-state index contributed by atoms with van der Waals surface area (Å²) in [6.07, 6.45) is 31.9. The van der Waals surface area contributed by atoms with Gasteiger partial charge in [-0.1, -0.05) is 105 Å². The Bertz CT molecular complexity index is 2050. The largest absolute Gasteiger partial charge is 0.493 e. The van der Waals surface area contributed by atoms with Crippen LogP contribution in [0.3, 0.4) is 0 Å². The zero-order valence-electron chi connectivity index (χ0n) is 43.8. The molecule has 0 bridgehead atoms. The highest BCUT2D eigenvalue weighted by Gasteiger charge is 2.41. The quantitative estimate of drug-likeness (QED) is 0.0442. The zero-order valence-corrected chi connectivity index (χ0v) is 43.8. The van der Waals surface area contributed by atoms with Gasteiger partial charge in [0.1, 0.15) is 18.6 Å². The van der Waals surface area contributed by atoms with Crippen LogP contribution in [-0.2, 0) is 9.59 Å². The van der Waals surface area contributed by atoms with Crippen molar-refractivity contribution in [3.05, 3.63) is 153 Å². The predicted molar refractivity (Wildman–Crippen MR) is 286 cm³/mol. The van der Waals surface area contributed by atoms with Crippen LogP contribution in [0.25, 0.3) is 12.2 Å². The Morgan fingerprint density at radius 1 is 0.433 bits per heavy atom. The van der Waals surface area contributed by atoms with Gasteiger partial charge in [-0.25, -0.2) is 0 Å². The Hall–Kier alpha value is -5.62. The number of ketones is 2. The van der Waals surface area contributed by atoms with E-state index in [2.05, 4.69) is 132 Å². The Morgan fingerprint density at radius 2 is 0.746 bits per heavy atom. The molecule has 0 N–H and O–H groups in total. The van der Waals surface area contributed by atoms with Crippen LogP contribution in [0.5, 0.6) is 23.0 Å². The van der Waals surface area contributed by atoms with E-state index >= 15 is 0 Å². The standard InChI is InChI=1S/C61H84O6/c1-45(2)19-15-23-49(9)35-39-61(40-36-50(10)24-16-20-46(3)4,59(62)33-29-53-27-31-55(57(43-53)64-13)66-41-37-51(11)25-17-21-47(5)6)60(63)34-30-54-28-32-56(58(44-54)65-14)67-42-38-52(12)26-18-22-48(7)8/h19-22,27-38,43-44H,15-18,23-26,39-42H2,1-14H3. The van der Waals surface area contributed by atoms with E-state index in [0.717, 1.165) is 73.6 Å². The molecule has 0 atom stereocenters. The molecule has 0 aromatic heterocycles. The molecule has 0 saturated heterocycles. The van der Waals surface area contributed by atoms with Gasteiger partial charge in [-0.3, -0.25) is 9.59 Å². The summed E-state index contributed by atoms with van der Waals surface area (Å²) in [6, 6.07) is 11.3. The minimum atomic E-state index is -1.39. The summed E-state index contributed by atoms with van der Waals surface area (Å²) >= 11 is 0. The maximum absolute atomic E-state index is 14.9. The van der Waals surface area contributed by atoms with Crippen molar-refractivity contribution >= 4 is 23.7 Å². The minimum Gasteiger partial charge on any atom is -0.493 e. The maximum Gasteiger partial charge on any atom is 0.170 e. The van der Waals surface area contributed by atoms with Crippen molar-refractivity contribution < 1.29 is 28.5 Å². The number of rotatable bonds is 30. The van der Waals surface area contributed by atoms with Gasteiger partial charge in [0.05, 0.1) is 14.2 Å². The van der Waals surface area contributed by atoms with Crippen molar-refractivity contribution in [2.24, 2.45) is 5.41 Å². The van der Waals surface area contributed by atoms with Crippen LogP contribution in [0.15, 0.2) is 142 Å². The molecule has 0 amide bonds. The summed E-state index contributed by atoms with van der Waals surface area (Å²) in [4.78, 5) is 29.8.